The summed E-state index contributed by atoms with van der Waals surface area (Å²) < 4.78 is 32.6. The Kier molecular flexibility index (Phi) is 5.43. The highest BCUT2D eigenvalue weighted by Crippen LogP contribution is 2.24. The minimum absolute atomic E-state index is 0.0445. The molecule has 0 aliphatic carbocycles. The van der Waals surface area contributed by atoms with Gasteiger partial charge in [0.15, 0.2) is 5.75 Å². The fraction of sp³-hybridized carbons (Fsp3) is 0.364. The number of carbonyl (C=O) groups excluding carboxylic acids is 1. The van der Waals surface area contributed by atoms with Crippen LogP contribution in [-0.2, 0) is 19.6 Å². The van der Waals surface area contributed by atoms with Gasteiger partial charge in [-0.1, -0.05) is 23.7 Å². The SMILES string of the molecule is CCOC(=O)CCS(=O)(=O)Oc1ccccc1Cl. The fourth-order valence-electron chi connectivity index (χ4n) is 1.13. The molecule has 0 spiro atoms. The number of hydrogen-bond donors (Lipinski definition) is 0. The first-order valence-electron chi connectivity index (χ1n) is 5.27. The molecule has 0 unspecified atom stereocenters. The lowest BCUT2D eigenvalue weighted by Crippen LogP contribution is -2.18. The normalized spacial score (nSPS) is 11.0. The zero-order valence-corrected chi connectivity index (χ0v) is 11.3. The maximum absolute atomic E-state index is 11.6. The molecule has 0 heterocycles. The van der Waals surface area contributed by atoms with E-state index in [0.29, 0.717) is 0 Å². The number of para-hydroxylation sites is 1. The van der Waals surface area contributed by atoms with Gasteiger partial charge in [0.1, 0.15) is 0 Å². The highest BCUT2D eigenvalue weighted by Gasteiger charge is 2.17. The van der Waals surface area contributed by atoms with Crippen LogP contribution >= 0.6 is 11.6 Å². The first kappa shape index (κ1) is 14.8. The lowest BCUT2D eigenvalue weighted by atomic mass is 10.3. The van der Waals surface area contributed by atoms with E-state index >= 15 is 0 Å². The summed E-state index contributed by atoms with van der Waals surface area (Å²) in [5, 5.41) is 0.192. The van der Waals surface area contributed by atoms with Gasteiger partial charge in [0, 0.05) is 0 Å². The molecule has 0 aliphatic heterocycles. The van der Waals surface area contributed by atoms with Crippen molar-refractivity contribution in [1.29, 1.82) is 0 Å². The Labute approximate surface area is 111 Å². The van der Waals surface area contributed by atoms with Gasteiger partial charge in [-0.2, -0.15) is 8.42 Å². The summed E-state index contributed by atoms with van der Waals surface area (Å²) in [6.45, 7) is 1.86. The predicted molar refractivity (Wildman–Crippen MR) is 67.1 cm³/mol. The monoisotopic (exact) mass is 292 g/mol. The van der Waals surface area contributed by atoms with Gasteiger partial charge in [0.25, 0.3) is 0 Å². The molecular weight excluding hydrogens is 280 g/mol. The van der Waals surface area contributed by atoms with Gasteiger partial charge in [-0.05, 0) is 19.1 Å². The van der Waals surface area contributed by atoms with Crippen molar-refractivity contribution in [2.24, 2.45) is 0 Å². The summed E-state index contributed by atoms with van der Waals surface area (Å²) in [5.74, 6) is -0.983. The van der Waals surface area contributed by atoms with Crippen LogP contribution in [0.4, 0.5) is 0 Å². The highest BCUT2D eigenvalue weighted by atomic mass is 35.5. The maximum Gasteiger partial charge on any atom is 0.309 e. The average molecular weight is 293 g/mol. The van der Waals surface area contributed by atoms with E-state index in [0.717, 1.165) is 0 Å². The van der Waals surface area contributed by atoms with Gasteiger partial charge >= 0.3 is 16.1 Å². The van der Waals surface area contributed by atoms with Gasteiger partial charge in [0.05, 0.1) is 23.8 Å². The summed E-state index contributed by atoms with van der Waals surface area (Å²) in [6, 6.07) is 6.20. The minimum Gasteiger partial charge on any atom is -0.466 e. The number of esters is 1. The molecule has 18 heavy (non-hydrogen) atoms. The van der Waals surface area contributed by atoms with Crippen LogP contribution in [0.5, 0.6) is 5.75 Å². The smallest absolute Gasteiger partial charge is 0.309 e. The van der Waals surface area contributed by atoms with Crippen molar-refractivity contribution in [2.75, 3.05) is 12.4 Å². The van der Waals surface area contributed by atoms with E-state index in [1.54, 1.807) is 19.1 Å². The van der Waals surface area contributed by atoms with Crippen LogP contribution in [0, 0.1) is 0 Å². The molecule has 1 rings (SSSR count). The van der Waals surface area contributed by atoms with Crippen LogP contribution in [0.15, 0.2) is 24.3 Å². The Morgan fingerprint density at radius 3 is 2.61 bits per heavy atom. The number of hydrogen-bond acceptors (Lipinski definition) is 5. The van der Waals surface area contributed by atoms with E-state index in [-0.39, 0.29) is 23.8 Å². The Hall–Kier alpha value is -1.27. The van der Waals surface area contributed by atoms with E-state index in [1.807, 2.05) is 0 Å². The molecule has 0 fully saturated rings. The summed E-state index contributed by atoms with van der Waals surface area (Å²) >= 11 is 5.76. The largest absolute Gasteiger partial charge is 0.466 e. The summed E-state index contributed by atoms with van der Waals surface area (Å²) in [7, 11) is -3.86. The zero-order valence-electron chi connectivity index (χ0n) is 9.76. The van der Waals surface area contributed by atoms with Gasteiger partial charge in [-0.15, -0.1) is 0 Å². The van der Waals surface area contributed by atoms with Crippen molar-refractivity contribution in [2.45, 2.75) is 13.3 Å². The molecule has 1 aromatic carbocycles. The first-order valence-corrected chi connectivity index (χ1v) is 7.22. The molecule has 0 atom stereocenters. The third-order valence-corrected chi connectivity index (χ3v) is 3.36. The lowest BCUT2D eigenvalue weighted by Gasteiger charge is -2.07. The predicted octanol–water partition coefficient (Wildman–Crippen LogP) is 2.00. The fourth-order valence-corrected chi connectivity index (χ4v) is 2.27. The first-order chi connectivity index (χ1) is 8.44. The number of ether oxygens (including phenoxy) is 1. The molecule has 7 heteroatoms. The maximum atomic E-state index is 11.6. The highest BCUT2D eigenvalue weighted by molar-refractivity contribution is 7.87. The molecule has 0 saturated carbocycles. The molecule has 1 aromatic rings. The Balaban J connectivity index is 2.60. The zero-order chi connectivity index (χ0) is 13.6. The Morgan fingerprint density at radius 2 is 2.00 bits per heavy atom. The third kappa shape index (κ3) is 4.93. The number of rotatable bonds is 6. The van der Waals surface area contributed by atoms with Crippen LogP contribution in [0.3, 0.4) is 0 Å². The molecule has 0 N–H and O–H groups in total. The van der Waals surface area contributed by atoms with Crippen molar-refractivity contribution in [1.82, 2.24) is 0 Å². The van der Waals surface area contributed by atoms with Gasteiger partial charge in [0.2, 0.25) is 0 Å². The number of halogens is 1. The summed E-state index contributed by atoms with van der Waals surface area (Å²) in [4.78, 5) is 11.0. The van der Waals surface area contributed by atoms with Crippen molar-refractivity contribution in [3.8, 4) is 5.75 Å². The van der Waals surface area contributed by atoms with Gasteiger partial charge in [-0.3, -0.25) is 4.79 Å². The van der Waals surface area contributed by atoms with Crippen LogP contribution in [0.25, 0.3) is 0 Å². The second-order valence-corrected chi connectivity index (χ2v) is 5.43. The van der Waals surface area contributed by atoms with Crippen LogP contribution in [0.2, 0.25) is 5.02 Å². The molecule has 100 valence electrons. The van der Waals surface area contributed by atoms with Crippen LogP contribution in [-0.4, -0.2) is 26.7 Å². The Morgan fingerprint density at radius 1 is 1.33 bits per heavy atom. The molecule has 0 aliphatic rings. The average Bonchev–Trinajstić information content (AvgIpc) is 2.30. The van der Waals surface area contributed by atoms with Crippen LogP contribution < -0.4 is 4.18 Å². The van der Waals surface area contributed by atoms with Crippen molar-refractivity contribution < 1.29 is 22.1 Å². The van der Waals surface area contributed by atoms with Crippen molar-refractivity contribution in [3.63, 3.8) is 0 Å². The standard InChI is InChI=1S/C11H13ClO5S/c1-2-16-11(13)7-8-18(14,15)17-10-6-4-3-5-9(10)12/h3-6H,2,7-8H2,1H3. The number of benzene rings is 1. The van der Waals surface area contributed by atoms with E-state index < -0.39 is 21.8 Å². The topological polar surface area (TPSA) is 69.7 Å². The molecule has 0 aromatic heterocycles. The number of carbonyl (C=O) groups is 1. The van der Waals surface area contributed by atoms with E-state index in [2.05, 4.69) is 4.74 Å². The van der Waals surface area contributed by atoms with Crippen LogP contribution in [0.1, 0.15) is 13.3 Å². The molecule has 5 nitrogen and oxygen atoms in total. The lowest BCUT2D eigenvalue weighted by molar-refractivity contribution is -0.142. The molecule has 0 saturated heterocycles. The quantitative estimate of drug-likeness (QED) is 0.592. The molecular formula is C11H13ClO5S. The third-order valence-electron chi connectivity index (χ3n) is 1.91. The van der Waals surface area contributed by atoms with Crippen molar-refractivity contribution >= 4 is 27.7 Å². The molecule has 0 bridgehead atoms. The van der Waals surface area contributed by atoms with Gasteiger partial charge < -0.3 is 8.92 Å². The summed E-state index contributed by atoms with van der Waals surface area (Å²) in [6.07, 6.45) is -0.249. The second kappa shape index (κ2) is 6.61. The van der Waals surface area contributed by atoms with Crippen molar-refractivity contribution in [3.05, 3.63) is 29.3 Å². The van der Waals surface area contributed by atoms with E-state index in [9.17, 15) is 13.2 Å². The van der Waals surface area contributed by atoms with E-state index in [1.165, 1.54) is 12.1 Å². The van der Waals surface area contributed by atoms with Gasteiger partial charge in [-0.25, -0.2) is 0 Å². The molecule has 0 radical (unpaired) electrons. The minimum atomic E-state index is -3.86. The molecule has 0 amide bonds. The summed E-state index contributed by atoms with van der Waals surface area (Å²) in [5.41, 5.74) is 0. The second-order valence-electron chi connectivity index (χ2n) is 3.33. The Bertz CT molecular complexity index is 512. The van der Waals surface area contributed by atoms with E-state index in [4.69, 9.17) is 15.8 Å².